The van der Waals surface area contributed by atoms with Crippen LogP contribution in [0.15, 0.2) is 12.3 Å². The number of nitrogens with one attached hydrogen (secondary N) is 1. The molecule has 114 valence electrons. The van der Waals surface area contributed by atoms with Crippen molar-refractivity contribution in [2.45, 2.75) is 53.1 Å². The number of hydrogen-bond donors (Lipinski definition) is 2. The van der Waals surface area contributed by atoms with E-state index in [1.54, 1.807) is 0 Å². The molecule has 0 aliphatic heterocycles. The lowest BCUT2D eigenvalue weighted by Gasteiger charge is -2.24. The molecule has 4 nitrogen and oxygen atoms in total. The molecule has 0 saturated heterocycles. The summed E-state index contributed by atoms with van der Waals surface area (Å²) in [6.07, 6.45) is 2.73. The van der Waals surface area contributed by atoms with Gasteiger partial charge in [0, 0.05) is 38.0 Å². The van der Waals surface area contributed by atoms with Crippen LogP contribution < -0.4 is 10.2 Å². The van der Waals surface area contributed by atoms with E-state index in [0.717, 1.165) is 31.9 Å². The standard InChI is InChI=1S/C16H29N3O/c1-6-19(8-7-9-20)15-13(2)10-14(11-17-15)12-18-16(3,4)5/h10-11,18,20H,6-9,12H2,1-5H3. The number of aryl methyl sites for hydroxylation is 1. The molecule has 1 rings (SSSR count). The Morgan fingerprint density at radius 3 is 2.55 bits per heavy atom. The molecule has 0 spiro atoms. The third-order valence-corrected chi connectivity index (χ3v) is 3.20. The monoisotopic (exact) mass is 279 g/mol. The molecule has 0 fully saturated rings. The van der Waals surface area contributed by atoms with Crippen LogP contribution in [0.2, 0.25) is 0 Å². The van der Waals surface area contributed by atoms with Crippen LogP contribution in [0, 0.1) is 6.92 Å². The minimum atomic E-state index is 0.114. The normalized spacial score (nSPS) is 11.7. The second-order valence-corrected chi connectivity index (χ2v) is 6.24. The Hall–Kier alpha value is -1.13. The Kier molecular flexibility index (Phi) is 6.43. The van der Waals surface area contributed by atoms with Crippen LogP contribution in [0.1, 0.15) is 45.2 Å². The van der Waals surface area contributed by atoms with Gasteiger partial charge in [-0.05, 0) is 58.2 Å². The van der Waals surface area contributed by atoms with Crippen LogP contribution in [0.25, 0.3) is 0 Å². The Morgan fingerprint density at radius 1 is 1.35 bits per heavy atom. The zero-order chi connectivity index (χ0) is 15.2. The average Bonchev–Trinajstić information content (AvgIpc) is 2.38. The number of hydrogen-bond acceptors (Lipinski definition) is 4. The van der Waals surface area contributed by atoms with E-state index in [1.807, 2.05) is 6.20 Å². The highest BCUT2D eigenvalue weighted by Crippen LogP contribution is 2.18. The highest BCUT2D eigenvalue weighted by Gasteiger charge is 2.11. The summed E-state index contributed by atoms with van der Waals surface area (Å²) in [5.74, 6) is 1.03. The number of aromatic nitrogens is 1. The zero-order valence-corrected chi connectivity index (χ0v) is 13.5. The van der Waals surface area contributed by atoms with Gasteiger partial charge in [0.15, 0.2) is 0 Å². The summed E-state index contributed by atoms with van der Waals surface area (Å²) >= 11 is 0. The van der Waals surface area contributed by atoms with E-state index >= 15 is 0 Å². The fourth-order valence-corrected chi connectivity index (χ4v) is 2.10. The Bertz CT molecular complexity index is 413. The molecule has 0 radical (unpaired) electrons. The van der Waals surface area contributed by atoms with Gasteiger partial charge in [0.05, 0.1) is 0 Å². The Morgan fingerprint density at radius 2 is 2.05 bits per heavy atom. The van der Waals surface area contributed by atoms with E-state index in [9.17, 15) is 0 Å². The minimum Gasteiger partial charge on any atom is -0.396 e. The van der Waals surface area contributed by atoms with Gasteiger partial charge in [-0.25, -0.2) is 4.98 Å². The Balaban J connectivity index is 2.76. The average molecular weight is 279 g/mol. The van der Waals surface area contributed by atoms with E-state index in [0.29, 0.717) is 0 Å². The molecule has 0 bridgehead atoms. The molecule has 1 aromatic heterocycles. The van der Waals surface area contributed by atoms with Gasteiger partial charge < -0.3 is 15.3 Å². The topological polar surface area (TPSA) is 48.4 Å². The zero-order valence-electron chi connectivity index (χ0n) is 13.5. The number of nitrogens with zero attached hydrogens (tertiary/aromatic N) is 2. The van der Waals surface area contributed by atoms with Gasteiger partial charge in [0.25, 0.3) is 0 Å². The van der Waals surface area contributed by atoms with Crippen molar-refractivity contribution in [2.24, 2.45) is 0 Å². The molecule has 20 heavy (non-hydrogen) atoms. The maximum absolute atomic E-state index is 8.96. The highest BCUT2D eigenvalue weighted by molar-refractivity contribution is 5.47. The lowest BCUT2D eigenvalue weighted by Crippen LogP contribution is -2.35. The van der Waals surface area contributed by atoms with Crippen molar-refractivity contribution in [1.29, 1.82) is 0 Å². The van der Waals surface area contributed by atoms with Crippen LogP contribution in [0.5, 0.6) is 0 Å². The van der Waals surface area contributed by atoms with Crippen molar-refractivity contribution in [3.8, 4) is 0 Å². The SMILES string of the molecule is CCN(CCCO)c1ncc(CNC(C)(C)C)cc1C. The first-order valence-electron chi connectivity index (χ1n) is 7.43. The minimum absolute atomic E-state index is 0.114. The van der Waals surface area contributed by atoms with Crippen LogP contribution in [-0.4, -0.2) is 35.3 Å². The summed E-state index contributed by atoms with van der Waals surface area (Å²) in [6.45, 7) is 13.5. The summed E-state index contributed by atoms with van der Waals surface area (Å²) in [7, 11) is 0. The molecular weight excluding hydrogens is 250 g/mol. The smallest absolute Gasteiger partial charge is 0.131 e. The number of anilines is 1. The van der Waals surface area contributed by atoms with Crippen molar-refractivity contribution in [2.75, 3.05) is 24.6 Å². The molecule has 0 atom stereocenters. The first-order valence-corrected chi connectivity index (χ1v) is 7.43. The van der Waals surface area contributed by atoms with Crippen molar-refractivity contribution in [3.05, 3.63) is 23.4 Å². The summed E-state index contributed by atoms with van der Waals surface area (Å²) in [5, 5.41) is 12.4. The first kappa shape index (κ1) is 16.9. The number of aliphatic hydroxyl groups is 1. The first-order chi connectivity index (χ1) is 9.37. The van der Waals surface area contributed by atoms with Gasteiger partial charge in [-0.15, -0.1) is 0 Å². The second-order valence-electron chi connectivity index (χ2n) is 6.24. The number of rotatable bonds is 7. The lowest BCUT2D eigenvalue weighted by atomic mass is 10.1. The summed E-state index contributed by atoms with van der Waals surface area (Å²) in [5.41, 5.74) is 2.51. The van der Waals surface area contributed by atoms with Gasteiger partial charge in [0.1, 0.15) is 5.82 Å². The molecule has 0 aromatic carbocycles. The maximum atomic E-state index is 8.96. The molecule has 1 aromatic rings. The predicted molar refractivity (Wildman–Crippen MR) is 85.2 cm³/mol. The molecule has 4 heteroatoms. The molecule has 0 amide bonds. The molecule has 1 heterocycles. The van der Waals surface area contributed by atoms with Gasteiger partial charge >= 0.3 is 0 Å². The fourth-order valence-electron chi connectivity index (χ4n) is 2.10. The molecule has 0 aliphatic rings. The molecule has 0 aliphatic carbocycles. The van der Waals surface area contributed by atoms with E-state index in [-0.39, 0.29) is 12.1 Å². The largest absolute Gasteiger partial charge is 0.396 e. The van der Waals surface area contributed by atoms with Crippen molar-refractivity contribution in [1.82, 2.24) is 10.3 Å². The van der Waals surface area contributed by atoms with Gasteiger partial charge in [0.2, 0.25) is 0 Å². The molecule has 0 unspecified atom stereocenters. The van der Waals surface area contributed by atoms with E-state index in [1.165, 1.54) is 11.1 Å². The van der Waals surface area contributed by atoms with Crippen molar-refractivity contribution < 1.29 is 5.11 Å². The quantitative estimate of drug-likeness (QED) is 0.805. The van der Waals surface area contributed by atoms with Gasteiger partial charge in [-0.3, -0.25) is 0 Å². The molecular formula is C16H29N3O. The highest BCUT2D eigenvalue weighted by atomic mass is 16.3. The molecule has 2 N–H and O–H groups in total. The fraction of sp³-hybridized carbons (Fsp3) is 0.688. The third kappa shape index (κ3) is 5.47. The van der Waals surface area contributed by atoms with Gasteiger partial charge in [-0.2, -0.15) is 0 Å². The second kappa shape index (κ2) is 7.60. The van der Waals surface area contributed by atoms with Crippen LogP contribution >= 0.6 is 0 Å². The predicted octanol–water partition coefficient (Wildman–Crippen LogP) is 2.49. The van der Waals surface area contributed by atoms with E-state index in [4.69, 9.17) is 5.11 Å². The summed E-state index contributed by atoms with van der Waals surface area (Å²) < 4.78 is 0. The summed E-state index contributed by atoms with van der Waals surface area (Å²) in [6, 6.07) is 2.20. The third-order valence-electron chi connectivity index (χ3n) is 3.20. The Labute approximate surface area is 123 Å². The molecule has 0 saturated carbocycles. The number of aliphatic hydroxyl groups excluding tert-OH is 1. The lowest BCUT2D eigenvalue weighted by molar-refractivity contribution is 0.289. The van der Waals surface area contributed by atoms with E-state index in [2.05, 4.69) is 55.9 Å². The van der Waals surface area contributed by atoms with Crippen LogP contribution in [-0.2, 0) is 6.54 Å². The van der Waals surface area contributed by atoms with Crippen molar-refractivity contribution in [3.63, 3.8) is 0 Å². The maximum Gasteiger partial charge on any atom is 0.131 e. The van der Waals surface area contributed by atoms with Crippen LogP contribution in [0.4, 0.5) is 5.82 Å². The summed E-state index contributed by atoms with van der Waals surface area (Å²) in [4.78, 5) is 6.82. The van der Waals surface area contributed by atoms with Crippen LogP contribution in [0.3, 0.4) is 0 Å². The van der Waals surface area contributed by atoms with Crippen molar-refractivity contribution >= 4 is 5.82 Å². The van der Waals surface area contributed by atoms with E-state index < -0.39 is 0 Å². The van der Waals surface area contributed by atoms with Gasteiger partial charge in [-0.1, -0.05) is 0 Å². The number of pyridine rings is 1.